The molecule has 0 radical (unpaired) electrons. The summed E-state index contributed by atoms with van der Waals surface area (Å²) in [7, 11) is -3.37. The molecule has 1 aliphatic heterocycles. The summed E-state index contributed by atoms with van der Waals surface area (Å²) in [5.74, 6) is 0.0156. The molecule has 4 aromatic rings. The third-order valence-corrected chi connectivity index (χ3v) is 7.38. The van der Waals surface area contributed by atoms with E-state index in [0.29, 0.717) is 28.2 Å². The molecule has 1 unspecified atom stereocenters. The quantitative estimate of drug-likeness (QED) is 0.309. The Kier molecular flexibility index (Phi) is 6.60. The molecule has 5 nitrogen and oxygen atoms in total. The van der Waals surface area contributed by atoms with E-state index < -0.39 is 21.7 Å². The standard InChI is InChI=1S/C30H23FN2O3S/c1-37(34,35)25-12-13-26-23(15-25)19-36-29-16-22(28(31)17-27(26)29)14-24(18-32)33-30(20-8-4-2-5-9-20)21-10-6-3-7-11-21/h2-13,15-17,24H,14,19H2,1H3. The molecule has 1 heterocycles. The Balaban J connectivity index is 1.49. The predicted molar refractivity (Wildman–Crippen MR) is 141 cm³/mol. The van der Waals surface area contributed by atoms with Crippen LogP contribution < -0.4 is 4.74 Å². The third kappa shape index (κ3) is 5.16. The van der Waals surface area contributed by atoms with Gasteiger partial charge in [0, 0.05) is 29.4 Å². The smallest absolute Gasteiger partial charge is 0.175 e. The first-order valence-electron chi connectivity index (χ1n) is 11.7. The summed E-state index contributed by atoms with van der Waals surface area (Å²) in [4.78, 5) is 4.94. The number of benzene rings is 4. The number of sulfone groups is 1. The molecule has 0 bridgehead atoms. The van der Waals surface area contributed by atoms with Gasteiger partial charge in [-0.05, 0) is 41.0 Å². The minimum Gasteiger partial charge on any atom is -0.488 e. The van der Waals surface area contributed by atoms with Crippen LogP contribution in [0.5, 0.6) is 5.75 Å². The van der Waals surface area contributed by atoms with Gasteiger partial charge in [-0.25, -0.2) is 12.8 Å². The van der Waals surface area contributed by atoms with Crippen LogP contribution in [-0.2, 0) is 22.9 Å². The third-order valence-electron chi connectivity index (χ3n) is 6.27. The van der Waals surface area contributed by atoms with Gasteiger partial charge in [0.05, 0.1) is 16.7 Å². The second kappa shape index (κ2) is 10.00. The van der Waals surface area contributed by atoms with E-state index in [-0.39, 0.29) is 17.9 Å². The predicted octanol–water partition coefficient (Wildman–Crippen LogP) is 5.76. The molecule has 0 saturated carbocycles. The Bertz CT molecular complexity index is 1600. The van der Waals surface area contributed by atoms with Gasteiger partial charge in [0.15, 0.2) is 9.84 Å². The van der Waals surface area contributed by atoms with E-state index in [1.165, 1.54) is 12.1 Å². The fraction of sp³-hybridized carbons (Fsp3) is 0.133. The maximum atomic E-state index is 15.3. The second-order valence-corrected chi connectivity index (χ2v) is 10.9. The van der Waals surface area contributed by atoms with Crippen molar-refractivity contribution in [3.05, 3.63) is 119 Å². The number of nitrogens with zero attached hydrogens (tertiary/aromatic N) is 2. The van der Waals surface area contributed by atoms with E-state index in [0.717, 1.165) is 22.9 Å². The molecular formula is C30H23FN2O3S. The topological polar surface area (TPSA) is 79.5 Å². The van der Waals surface area contributed by atoms with Gasteiger partial charge in [-0.1, -0.05) is 66.7 Å². The molecule has 5 rings (SSSR count). The fourth-order valence-electron chi connectivity index (χ4n) is 4.41. The van der Waals surface area contributed by atoms with Crippen LogP contribution in [-0.4, -0.2) is 26.4 Å². The van der Waals surface area contributed by atoms with Crippen LogP contribution in [0.4, 0.5) is 4.39 Å². The van der Waals surface area contributed by atoms with E-state index in [4.69, 9.17) is 9.73 Å². The highest BCUT2D eigenvalue weighted by atomic mass is 32.2. The number of hydrogen-bond donors (Lipinski definition) is 0. The minimum atomic E-state index is -3.37. The highest BCUT2D eigenvalue weighted by molar-refractivity contribution is 7.90. The average Bonchev–Trinajstić information content (AvgIpc) is 2.91. The molecule has 1 atom stereocenters. The zero-order valence-electron chi connectivity index (χ0n) is 20.1. The molecule has 0 amide bonds. The Labute approximate surface area is 215 Å². The molecule has 37 heavy (non-hydrogen) atoms. The van der Waals surface area contributed by atoms with Crippen molar-refractivity contribution < 1.29 is 17.5 Å². The Morgan fingerprint density at radius 3 is 2.22 bits per heavy atom. The Hall–Kier alpha value is -4.28. The summed E-state index contributed by atoms with van der Waals surface area (Å²) in [6.45, 7) is 0.169. The summed E-state index contributed by atoms with van der Waals surface area (Å²) >= 11 is 0. The lowest BCUT2D eigenvalue weighted by Gasteiger charge is -2.22. The van der Waals surface area contributed by atoms with Crippen molar-refractivity contribution in [3.8, 4) is 22.9 Å². The molecule has 0 saturated heterocycles. The zero-order chi connectivity index (χ0) is 26.0. The highest BCUT2D eigenvalue weighted by Crippen LogP contribution is 2.40. The molecular weight excluding hydrogens is 487 g/mol. The first-order chi connectivity index (χ1) is 17.8. The molecule has 1 aliphatic rings. The lowest BCUT2D eigenvalue weighted by molar-refractivity contribution is 0.301. The highest BCUT2D eigenvalue weighted by Gasteiger charge is 2.23. The SMILES string of the molecule is CS(=O)(=O)c1ccc2c(c1)COc1cc(CC(C#N)N=C(c3ccccc3)c3ccccc3)c(F)cc1-2. The van der Waals surface area contributed by atoms with Crippen molar-refractivity contribution in [1.82, 2.24) is 0 Å². The number of hydrogen-bond acceptors (Lipinski definition) is 5. The van der Waals surface area contributed by atoms with Crippen LogP contribution in [0.2, 0.25) is 0 Å². The van der Waals surface area contributed by atoms with Crippen LogP contribution in [0.1, 0.15) is 22.3 Å². The number of halogens is 1. The normalized spacial score (nSPS) is 12.9. The fourth-order valence-corrected chi connectivity index (χ4v) is 5.08. The van der Waals surface area contributed by atoms with Crippen molar-refractivity contribution in [2.24, 2.45) is 4.99 Å². The summed E-state index contributed by atoms with van der Waals surface area (Å²) in [6.07, 6.45) is 1.22. The molecule has 0 spiro atoms. The van der Waals surface area contributed by atoms with Crippen molar-refractivity contribution in [3.63, 3.8) is 0 Å². The summed E-state index contributed by atoms with van der Waals surface area (Å²) in [5, 5.41) is 9.92. The molecule has 0 aliphatic carbocycles. The largest absolute Gasteiger partial charge is 0.488 e. The van der Waals surface area contributed by atoms with Crippen molar-refractivity contribution in [2.45, 2.75) is 24.0 Å². The van der Waals surface area contributed by atoms with Crippen LogP contribution >= 0.6 is 0 Å². The van der Waals surface area contributed by atoms with Crippen LogP contribution in [0.25, 0.3) is 11.1 Å². The molecule has 4 aromatic carbocycles. The summed E-state index contributed by atoms with van der Waals surface area (Å²) in [6, 6.07) is 28.3. The number of rotatable bonds is 6. The van der Waals surface area contributed by atoms with E-state index in [9.17, 15) is 13.7 Å². The Morgan fingerprint density at radius 1 is 0.973 bits per heavy atom. The van der Waals surface area contributed by atoms with Gasteiger partial charge in [0.2, 0.25) is 0 Å². The molecule has 0 aromatic heterocycles. The van der Waals surface area contributed by atoms with Crippen LogP contribution in [0.15, 0.2) is 101 Å². The van der Waals surface area contributed by atoms with Crippen molar-refractivity contribution in [1.29, 1.82) is 5.26 Å². The number of ether oxygens (including phenoxy) is 1. The van der Waals surface area contributed by atoms with Gasteiger partial charge in [-0.2, -0.15) is 5.26 Å². The zero-order valence-corrected chi connectivity index (χ0v) is 20.9. The van der Waals surface area contributed by atoms with E-state index in [1.807, 2.05) is 60.7 Å². The van der Waals surface area contributed by atoms with E-state index >= 15 is 4.39 Å². The maximum Gasteiger partial charge on any atom is 0.175 e. The van der Waals surface area contributed by atoms with Gasteiger partial charge < -0.3 is 4.74 Å². The summed E-state index contributed by atoms with van der Waals surface area (Å²) in [5.41, 5.74) is 4.68. The van der Waals surface area contributed by atoms with Gasteiger partial charge in [-0.15, -0.1) is 0 Å². The molecule has 0 fully saturated rings. The molecule has 0 N–H and O–H groups in total. The van der Waals surface area contributed by atoms with Gasteiger partial charge in [0.25, 0.3) is 0 Å². The average molecular weight is 511 g/mol. The van der Waals surface area contributed by atoms with E-state index in [2.05, 4.69) is 6.07 Å². The molecule has 184 valence electrons. The maximum absolute atomic E-state index is 15.3. The monoisotopic (exact) mass is 510 g/mol. The van der Waals surface area contributed by atoms with Gasteiger partial charge >= 0.3 is 0 Å². The Morgan fingerprint density at radius 2 is 1.62 bits per heavy atom. The number of aliphatic imine (C=N–C) groups is 1. The lowest BCUT2D eigenvalue weighted by atomic mass is 9.94. The first kappa shape index (κ1) is 24.4. The lowest BCUT2D eigenvalue weighted by Crippen LogP contribution is -2.14. The van der Waals surface area contributed by atoms with Crippen LogP contribution in [0.3, 0.4) is 0 Å². The number of fused-ring (bicyclic) bond motifs is 3. The van der Waals surface area contributed by atoms with Gasteiger partial charge in [-0.3, -0.25) is 4.99 Å². The molecule has 7 heteroatoms. The summed E-state index contributed by atoms with van der Waals surface area (Å²) < 4.78 is 45.0. The number of nitriles is 1. The van der Waals surface area contributed by atoms with Crippen molar-refractivity contribution in [2.75, 3.05) is 6.26 Å². The first-order valence-corrected chi connectivity index (χ1v) is 13.6. The second-order valence-electron chi connectivity index (χ2n) is 8.88. The van der Waals surface area contributed by atoms with Crippen LogP contribution in [0, 0.1) is 17.1 Å². The van der Waals surface area contributed by atoms with Gasteiger partial charge in [0.1, 0.15) is 24.2 Å². The minimum absolute atomic E-state index is 0.0714. The van der Waals surface area contributed by atoms with E-state index in [1.54, 1.807) is 18.2 Å². The van der Waals surface area contributed by atoms with Crippen molar-refractivity contribution >= 4 is 15.5 Å².